The predicted octanol–water partition coefficient (Wildman–Crippen LogP) is 2.89. The summed E-state index contributed by atoms with van der Waals surface area (Å²) >= 11 is 11.8. The Morgan fingerprint density at radius 2 is 1.86 bits per heavy atom. The Morgan fingerprint density at radius 1 is 1.14 bits per heavy atom. The first-order valence-electron chi connectivity index (χ1n) is 7.15. The van der Waals surface area contributed by atoms with Gasteiger partial charge in [0.2, 0.25) is 0 Å². The highest BCUT2D eigenvalue weighted by atomic mass is 35.5. The van der Waals surface area contributed by atoms with Gasteiger partial charge in [-0.1, -0.05) is 48.5 Å². The van der Waals surface area contributed by atoms with E-state index in [0.29, 0.717) is 15.6 Å². The number of hydrazone groups is 1. The Labute approximate surface area is 139 Å². The highest BCUT2D eigenvalue weighted by Crippen LogP contribution is 2.19. The number of nitrogens with zero attached hydrogens (tertiary/aromatic N) is 1. The van der Waals surface area contributed by atoms with E-state index in [1.807, 2.05) is 0 Å². The van der Waals surface area contributed by atoms with Crippen LogP contribution in [0.4, 0.5) is 0 Å². The minimum atomic E-state index is -0.785. The van der Waals surface area contributed by atoms with E-state index in [-0.39, 0.29) is 6.04 Å². The van der Waals surface area contributed by atoms with E-state index in [4.69, 9.17) is 23.2 Å². The molecular formula is C15H17Cl2N3O2. The summed E-state index contributed by atoms with van der Waals surface area (Å²) in [5, 5.41) is 7.38. The molecule has 0 aliphatic heterocycles. The van der Waals surface area contributed by atoms with Gasteiger partial charge in [-0.15, -0.1) is 0 Å². The molecule has 7 heteroatoms. The van der Waals surface area contributed by atoms with Gasteiger partial charge in [0.1, 0.15) is 0 Å². The summed E-state index contributed by atoms with van der Waals surface area (Å²) in [7, 11) is 0. The number of rotatable bonds is 3. The van der Waals surface area contributed by atoms with Gasteiger partial charge in [-0.3, -0.25) is 9.59 Å². The molecule has 5 nitrogen and oxygen atoms in total. The number of carbonyl (C=O) groups is 2. The molecule has 0 aromatic heterocycles. The molecule has 118 valence electrons. The topological polar surface area (TPSA) is 70.6 Å². The number of carbonyl (C=O) groups excluding carboxylic acids is 2. The second kappa shape index (κ2) is 8.15. The van der Waals surface area contributed by atoms with Crippen molar-refractivity contribution in [2.75, 3.05) is 0 Å². The molecular weight excluding hydrogens is 325 g/mol. The van der Waals surface area contributed by atoms with E-state index >= 15 is 0 Å². The SMILES string of the molecule is O=C(N/N=C\c1ccc(Cl)cc1Cl)C(=O)NC1CCCCC1. The van der Waals surface area contributed by atoms with E-state index < -0.39 is 11.8 Å². The number of nitrogens with one attached hydrogen (secondary N) is 2. The highest BCUT2D eigenvalue weighted by molar-refractivity contribution is 6.36. The van der Waals surface area contributed by atoms with E-state index in [2.05, 4.69) is 15.8 Å². The van der Waals surface area contributed by atoms with Gasteiger partial charge in [0, 0.05) is 16.6 Å². The van der Waals surface area contributed by atoms with Crippen LogP contribution in [0.5, 0.6) is 0 Å². The van der Waals surface area contributed by atoms with Gasteiger partial charge >= 0.3 is 11.8 Å². The van der Waals surface area contributed by atoms with Crippen LogP contribution in [0.1, 0.15) is 37.7 Å². The lowest BCUT2D eigenvalue weighted by Gasteiger charge is -2.22. The summed E-state index contributed by atoms with van der Waals surface area (Å²) in [4.78, 5) is 23.4. The number of halogens is 2. The van der Waals surface area contributed by atoms with Crippen LogP contribution in [-0.2, 0) is 9.59 Å². The molecule has 0 saturated heterocycles. The van der Waals surface area contributed by atoms with Gasteiger partial charge in [0.15, 0.2) is 0 Å². The molecule has 0 heterocycles. The van der Waals surface area contributed by atoms with Crippen LogP contribution in [0.2, 0.25) is 10.0 Å². The van der Waals surface area contributed by atoms with Gasteiger partial charge in [-0.25, -0.2) is 5.43 Å². The molecule has 0 unspecified atom stereocenters. The Hall–Kier alpha value is -1.59. The van der Waals surface area contributed by atoms with Crippen molar-refractivity contribution in [3.63, 3.8) is 0 Å². The minimum Gasteiger partial charge on any atom is -0.345 e. The Bertz CT molecular complexity index is 584. The monoisotopic (exact) mass is 341 g/mol. The van der Waals surface area contributed by atoms with Gasteiger partial charge in [0.05, 0.1) is 11.2 Å². The van der Waals surface area contributed by atoms with Crippen molar-refractivity contribution in [2.45, 2.75) is 38.1 Å². The Balaban J connectivity index is 1.83. The maximum absolute atomic E-state index is 11.7. The average Bonchev–Trinajstić information content (AvgIpc) is 2.50. The number of benzene rings is 1. The van der Waals surface area contributed by atoms with Gasteiger partial charge < -0.3 is 5.32 Å². The molecule has 0 spiro atoms. The zero-order chi connectivity index (χ0) is 15.9. The van der Waals surface area contributed by atoms with Gasteiger partial charge in [-0.2, -0.15) is 5.10 Å². The molecule has 1 fully saturated rings. The lowest BCUT2D eigenvalue weighted by Crippen LogP contribution is -2.44. The van der Waals surface area contributed by atoms with Crippen molar-refractivity contribution >= 4 is 41.2 Å². The fraction of sp³-hybridized carbons (Fsp3) is 0.400. The highest BCUT2D eigenvalue weighted by Gasteiger charge is 2.19. The fourth-order valence-corrected chi connectivity index (χ4v) is 2.77. The summed E-state index contributed by atoms with van der Waals surface area (Å²) in [5.74, 6) is -1.45. The number of amides is 2. The van der Waals surface area contributed by atoms with E-state index in [1.165, 1.54) is 12.6 Å². The third-order valence-corrected chi connectivity index (χ3v) is 4.04. The zero-order valence-corrected chi connectivity index (χ0v) is 13.5. The van der Waals surface area contributed by atoms with Crippen molar-refractivity contribution in [1.82, 2.24) is 10.7 Å². The number of hydrogen-bond acceptors (Lipinski definition) is 3. The van der Waals surface area contributed by atoms with Gasteiger partial charge in [0.25, 0.3) is 0 Å². The summed E-state index contributed by atoms with van der Waals surface area (Å²) in [6.45, 7) is 0. The molecule has 1 saturated carbocycles. The minimum absolute atomic E-state index is 0.0849. The third-order valence-electron chi connectivity index (χ3n) is 3.48. The predicted molar refractivity (Wildman–Crippen MR) is 87.2 cm³/mol. The molecule has 2 N–H and O–H groups in total. The molecule has 1 aromatic rings. The largest absolute Gasteiger partial charge is 0.345 e. The van der Waals surface area contributed by atoms with Crippen molar-refractivity contribution < 1.29 is 9.59 Å². The normalized spacial score (nSPS) is 15.7. The summed E-state index contributed by atoms with van der Waals surface area (Å²) in [6.07, 6.45) is 6.56. The third kappa shape index (κ3) is 5.00. The molecule has 22 heavy (non-hydrogen) atoms. The summed E-state index contributed by atoms with van der Waals surface area (Å²) in [5.41, 5.74) is 2.79. The van der Waals surface area contributed by atoms with Crippen LogP contribution in [-0.4, -0.2) is 24.1 Å². The van der Waals surface area contributed by atoms with Crippen molar-refractivity contribution in [2.24, 2.45) is 5.10 Å². The zero-order valence-electron chi connectivity index (χ0n) is 11.9. The van der Waals surface area contributed by atoms with E-state index in [9.17, 15) is 9.59 Å². The van der Waals surface area contributed by atoms with Crippen molar-refractivity contribution in [1.29, 1.82) is 0 Å². The van der Waals surface area contributed by atoms with Crippen LogP contribution < -0.4 is 10.7 Å². The lowest BCUT2D eigenvalue weighted by molar-refractivity contribution is -0.139. The second-order valence-electron chi connectivity index (χ2n) is 5.17. The summed E-state index contributed by atoms with van der Waals surface area (Å²) < 4.78 is 0. The first-order valence-corrected chi connectivity index (χ1v) is 7.91. The molecule has 1 aromatic carbocycles. The van der Waals surface area contributed by atoms with Crippen LogP contribution >= 0.6 is 23.2 Å². The molecule has 0 atom stereocenters. The maximum atomic E-state index is 11.7. The second-order valence-corrected chi connectivity index (χ2v) is 6.02. The average molecular weight is 342 g/mol. The molecule has 2 amide bonds. The Morgan fingerprint density at radius 3 is 2.55 bits per heavy atom. The number of hydrogen-bond donors (Lipinski definition) is 2. The first-order chi connectivity index (χ1) is 10.6. The van der Waals surface area contributed by atoms with Crippen LogP contribution in [0.25, 0.3) is 0 Å². The van der Waals surface area contributed by atoms with E-state index in [1.54, 1.807) is 18.2 Å². The van der Waals surface area contributed by atoms with E-state index in [0.717, 1.165) is 25.7 Å². The van der Waals surface area contributed by atoms with Crippen LogP contribution in [0.3, 0.4) is 0 Å². The molecule has 1 aliphatic rings. The maximum Gasteiger partial charge on any atom is 0.329 e. The van der Waals surface area contributed by atoms with Crippen LogP contribution in [0.15, 0.2) is 23.3 Å². The summed E-state index contributed by atoms with van der Waals surface area (Å²) in [6, 6.07) is 4.98. The molecule has 1 aliphatic carbocycles. The molecule has 0 bridgehead atoms. The first kappa shape index (κ1) is 16.8. The molecule has 0 radical (unpaired) electrons. The smallest absolute Gasteiger partial charge is 0.329 e. The van der Waals surface area contributed by atoms with Crippen molar-refractivity contribution in [3.05, 3.63) is 33.8 Å². The molecule has 2 rings (SSSR count). The standard InChI is InChI=1S/C15H17Cl2N3O2/c16-11-7-6-10(13(17)8-11)9-18-20-15(22)14(21)19-12-4-2-1-3-5-12/h6-9,12H,1-5H2,(H,19,21)(H,20,22)/b18-9-. The van der Waals surface area contributed by atoms with Crippen molar-refractivity contribution in [3.8, 4) is 0 Å². The fourth-order valence-electron chi connectivity index (χ4n) is 2.32. The van der Waals surface area contributed by atoms with Crippen LogP contribution in [0, 0.1) is 0 Å². The Kier molecular flexibility index (Phi) is 6.21. The quantitative estimate of drug-likeness (QED) is 0.504. The lowest BCUT2D eigenvalue weighted by atomic mass is 9.95. The van der Waals surface area contributed by atoms with Gasteiger partial charge in [-0.05, 0) is 25.0 Å².